The zero-order valence-corrected chi connectivity index (χ0v) is 9.50. The monoisotopic (exact) mass is 240 g/mol. The molecule has 0 spiro atoms. The van der Waals surface area contributed by atoms with Crippen molar-refractivity contribution in [3.8, 4) is 0 Å². The van der Waals surface area contributed by atoms with Crippen LogP contribution >= 0.6 is 11.8 Å². The molecule has 0 saturated carbocycles. The minimum absolute atomic E-state index is 0.129. The Kier molecular flexibility index (Phi) is 4.59. The van der Waals surface area contributed by atoms with Gasteiger partial charge in [0, 0.05) is 7.05 Å². The van der Waals surface area contributed by atoms with Crippen molar-refractivity contribution in [1.82, 2.24) is 15.6 Å². The third-order valence-corrected chi connectivity index (χ3v) is 2.53. The number of urea groups is 1. The van der Waals surface area contributed by atoms with E-state index < -0.39 is 6.03 Å². The summed E-state index contributed by atoms with van der Waals surface area (Å²) in [7, 11) is 1.44. The van der Waals surface area contributed by atoms with Crippen molar-refractivity contribution in [2.75, 3.05) is 18.5 Å². The van der Waals surface area contributed by atoms with Crippen LogP contribution in [0.1, 0.15) is 0 Å². The number of nitrogens with one attached hydrogen (secondary N) is 2. The number of rotatable bonds is 3. The molecule has 16 heavy (non-hydrogen) atoms. The van der Waals surface area contributed by atoms with E-state index in [1.807, 2.05) is 0 Å². The normalized spacial score (nSPS) is 9.56. The molecule has 7 heteroatoms. The van der Waals surface area contributed by atoms with Gasteiger partial charge in [-0.25, -0.2) is 9.78 Å². The van der Waals surface area contributed by atoms with Gasteiger partial charge >= 0.3 is 6.03 Å². The van der Waals surface area contributed by atoms with Gasteiger partial charge in [0.25, 0.3) is 0 Å². The summed E-state index contributed by atoms with van der Waals surface area (Å²) in [5.41, 5.74) is 6.03. The summed E-state index contributed by atoms with van der Waals surface area (Å²) >= 11 is 1.23. The Balaban J connectivity index is 2.37. The lowest BCUT2D eigenvalue weighted by molar-refractivity contribution is -0.117. The van der Waals surface area contributed by atoms with E-state index in [1.54, 1.807) is 12.1 Å². The molecule has 86 valence electrons. The molecule has 0 aliphatic rings. The van der Waals surface area contributed by atoms with Crippen LogP contribution in [0.4, 0.5) is 10.5 Å². The van der Waals surface area contributed by atoms with Crippen LogP contribution in [-0.2, 0) is 4.79 Å². The van der Waals surface area contributed by atoms with E-state index in [2.05, 4.69) is 15.6 Å². The number of nitrogens with two attached hydrogens (primary N) is 1. The average molecular weight is 240 g/mol. The highest BCUT2D eigenvalue weighted by Gasteiger charge is 2.06. The van der Waals surface area contributed by atoms with Crippen LogP contribution in [0, 0.1) is 0 Å². The fourth-order valence-electron chi connectivity index (χ4n) is 0.842. The van der Waals surface area contributed by atoms with Crippen molar-refractivity contribution < 1.29 is 9.59 Å². The number of carbonyl (C=O) groups excluding carboxylic acids is 2. The van der Waals surface area contributed by atoms with Crippen molar-refractivity contribution in [2.24, 2.45) is 0 Å². The lowest BCUT2D eigenvalue weighted by Gasteiger charge is -2.02. The standard InChI is InChI=1S/C9H12N4O2S/c1-11-9(15)13-7(14)5-16-8-3-2-6(10)4-12-8/h2-4H,5,10H2,1H3,(H2,11,13,14,15). The van der Waals surface area contributed by atoms with Crippen LogP contribution in [0.5, 0.6) is 0 Å². The minimum atomic E-state index is -0.518. The molecular weight excluding hydrogens is 228 g/mol. The third kappa shape index (κ3) is 4.18. The number of nitrogen functional groups attached to an aromatic ring is 1. The number of carbonyl (C=O) groups is 2. The number of anilines is 1. The SMILES string of the molecule is CNC(=O)NC(=O)CSc1ccc(N)cn1. The molecule has 1 aromatic rings. The summed E-state index contributed by atoms with van der Waals surface area (Å²) < 4.78 is 0. The van der Waals surface area contributed by atoms with E-state index >= 15 is 0 Å². The predicted octanol–water partition coefficient (Wildman–Crippen LogP) is 0.211. The lowest BCUT2D eigenvalue weighted by atomic mass is 10.4. The van der Waals surface area contributed by atoms with Crippen LogP contribution < -0.4 is 16.4 Å². The van der Waals surface area contributed by atoms with E-state index in [4.69, 9.17) is 5.73 Å². The van der Waals surface area contributed by atoms with Crippen LogP contribution in [0.3, 0.4) is 0 Å². The van der Waals surface area contributed by atoms with Crippen LogP contribution in [0.2, 0.25) is 0 Å². The van der Waals surface area contributed by atoms with E-state index in [0.717, 1.165) is 0 Å². The van der Waals surface area contributed by atoms with Crippen LogP contribution in [0.25, 0.3) is 0 Å². The van der Waals surface area contributed by atoms with Crippen LogP contribution in [-0.4, -0.2) is 29.7 Å². The molecule has 0 aliphatic heterocycles. The molecular formula is C9H12N4O2S. The number of thioether (sulfide) groups is 1. The van der Waals surface area contributed by atoms with E-state index in [9.17, 15) is 9.59 Å². The largest absolute Gasteiger partial charge is 0.397 e. The number of hydrogen-bond acceptors (Lipinski definition) is 5. The summed E-state index contributed by atoms with van der Waals surface area (Å²) in [5.74, 6) is -0.243. The van der Waals surface area contributed by atoms with Gasteiger partial charge in [0.15, 0.2) is 0 Å². The molecule has 0 atom stereocenters. The number of nitrogens with zero attached hydrogens (tertiary/aromatic N) is 1. The fourth-order valence-corrected chi connectivity index (χ4v) is 1.48. The van der Waals surface area contributed by atoms with Crippen molar-refractivity contribution in [3.63, 3.8) is 0 Å². The maximum atomic E-state index is 11.2. The topological polar surface area (TPSA) is 97.1 Å². The third-order valence-electron chi connectivity index (χ3n) is 1.59. The maximum Gasteiger partial charge on any atom is 0.321 e. The molecule has 0 bridgehead atoms. The molecule has 0 unspecified atom stereocenters. The highest BCUT2D eigenvalue weighted by molar-refractivity contribution is 7.99. The zero-order chi connectivity index (χ0) is 12.0. The van der Waals surface area contributed by atoms with Gasteiger partial charge in [-0.3, -0.25) is 10.1 Å². The molecule has 6 nitrogen and oxygen atoms in total. The first-order chi connectivity index (χ1) is 7.61. The summed E-state index contributed by atoms with van der Waals surface area (Å²) in [6.45, 7) is 0. The van der Waals surface area contributed by atoms with Gasteiger partial charge < -0.3 is 11.1 Å². The van der Waals surface area contributed by atoms with E-state index in [-0.39, 0.29) is 11.7 Å². The van der Waals surface area contributed by atoms with Gasteiger partial charge in [-0.05, 0) is 12.1 Å². The second-order valence-electron chi connectivity index (χ2n) is 2.85. The van der Waals surface area contributed by atoms with Gasteiger partial charge in [0.2, 0.25) is 5.91 Å². The van der Waals surface area contributed by atoms with Gasteiger partial charge in [-0.2, -0.15) is 0 Å². The molecule has 4 N–H and O–H groups in total. The fraction of sp³-hybridized carbons (Fsp3) is 0.222. The van der Waals surface area contributed by atoms with Gasteiger partial charge in [0.1, 0.15) is 0 Å². The first kappa shape index (κ1) is 12.3. The molecule has 3 amide bonds. The summed E-state index contributed by atoms with van der Waals surface area (Å²) in [6, 6.07) is 2.90. The first-order valence-corrected chi connectivity index (χ1v) is 5.46. The molecule has 1 aromatic heterocycles. The number of imide groups is 1. The Morgan fingerprint density at radius 3 is 2.81 bits per heavy atom. The highest BCUT2D eigenvalue weighted by atomic mass is 32.2. The van der Waals surface area contributed by atoms with Gasteiger partial charge in [0.05, 0.1) is 22.7 Å². The molecule has 0 aliphatic carbocycles. The van der Waals surface area contributed by atoms with Crippen molar-refractivity contribution in [2.45, 2.75) is 5.03 Å². The maximum absolute atomic E-state index is 11.2. The van der Waals surface area contributed by atoms with Gasteiger partial charge in [-0.1, -0.05) is 11.8 Å². The second kappa shape index (κ2) is 5.96. The Morgan fingerprint density at radius 2 is 2.25 bits per heavy atom. The summed E-state index contributed by atoms with van der Waals surface area (Å²) in [6.07, 6.45) is 1.51. The Bertz CT molecular complexity index is 380. The molecule has 0 fully saturated rings. The second-order valence-corrected chi connectivity index (χ2v) is 3.84. The van der Waals surface area contributed by atoms with Crippen LogP contribution in [0.15, 0.2) is 23.4 Å². The first-order valence-electron chi connectivity index (χ1n) is 4.47. The zero-order valence-electron chi connectivity index (χ0n) is 8.69. The molecule has 0 radical (unpaired) electrons. The number of aromatic nitrogens is 1. The number of pyridine rings is 1. The minimum Gasteiger partial charge on any atom is -0.397 e. The molecule has 0 saturated heterocycles. The Hall–Kier alpha value is -1.76. The predicted molar refractivity (Wildman–Crippen MR) is 62.0 cm³/mol. The van der Waals surface area contributed by atoms with E-state index in [1.165, 1.54) is 25.0 Å². The summed E-state index contributed by atoms with van der Waals surface area (Å²) in [4.78, 5) is 26.0. The van der Waals surface area contributed by atoms with Crippen molar-refractivity contribution >= 4 is 29.4 Å². The average Bonchev–Trinajstić information content (AvgIpc) is 2.28. The smallest absolute Gasteiger partial charge is 0.321 e. The Morgan fingerprint density at radius 1 is 1.50 bits per heavy atom. The highest BCUT2D eigenvalue weighted by Crippen LogP contribution is 2.15. The van der Waals surface area contributed by atoms with Crippen molar-refractivity contribution in [3.05, 3.63) is 18.3 Å². The van der Waals surface area contributed by atoms with Crippen molar-refractivity contribution in [1.29, 1.82) is 0 Å². The van der Waals surface area contributed by atoms with E-state index in [0.29, 0.717) is 10.7 Å². The van der Waals surface area contributed by atoms with Gasteiger partial charge in [-0.15, -0.1) is 0 Å². The molecule has 1 heterocycles. The molecule has 0 aromatic carbocycles. The Labute approximate surface area is 97.0 Å². The summed E-state index contributed by atoms with van der Waals surface area (Å²) in [5, 5.41) is 5.12. The quantitative estimate of drug-likeness (QED) is 0.656. The number of amides is 3. The number of hydrogen-bond donors (Lipinski definition) is 3. The lowest BCUT2D eigenvalue weighted by Crippen LogP contribution is -2.38. The molecule has 1 rings (SSSR count).